The molecule has 0 bridgehead atoms. The van der Waals surface area contributed by atoms with E-state index in [0.717, 1.165) is 31.2 Å². The van der Waals surface area contributed by atoms with Crippen LogP contribution in [-0.4, -0.2) is 34.9 Å². The largest absolute Gasteiger partial charge is 0.357 e. The van der Waals surface area contributed by atoms with Crippen LogP contribution in [0.4, 0.5) is 0 Å². The van der Waals surface area contributed by atoms with Gasteiger partial charge in [-0.3, -0.25) is 9.67 Å². The topological polar surface area (TPSA) is 54.2 Å². The second-order valence-corrected chi connectivity index (χ2v) is 7.56. The zero-order valence-corrected chi connectivity index (χ0v) is 20.7. The Morgan fingerprint density at radius 3 is 2.50 bits per heavy atom. The van der Waals surface area contributed by atoms with Crippen molar-refractivity contribution in [2.75, 3.05) is 13.1 Å². The van der Waals surface area contributed by atoms with E-state index in [1.807, 2.05) is 11.7 Å². The number of guanidine groups is 1. The molecule has 0 aliphatic carbocycles. The molecule has 2 unspecified atom stereocenters. The first-order valence-corrected chi connectivity index (χ1v) is 9.92. The van der Waals surface area contributed by atoms with E-state index >= 15 is 0 Å². The maximum absolute atomic E-state index is 4.82. The first-order chi connectivity index (χ1) is 12.8. The highest BCUT2D eigenvalue weighted by molar-refractivity contribution is 14.0. The third-order valence-electron chi connectivity index (χ3n) is 5.03. The number of aryl methyl sites for hydroxylation is 3. The molecule has 5 nitrogen and oxygen atoms in total. The van der Waals surface area contributed by atoms with Crippen LogP contribution in [0.5, 0.6) is 0 Å². The van der Waals surface area contributed by atoms with Crippen molar-refractivity contribution >= 4 is 29.9 Å². The monoisotopic (exact) mass is 497 g/mol. The number of aromatic nitrogens is 2. The summed E-state index contributed by atoms with van der Waals surface area (Å²) in [5.74, 6) is 1.27. The summed E-state index contributed by atoms with van der Waals surface area (Å²) >= 11 is 0. The first kappa shape index (κ1) is 24.5. The first-order valence-electron chi connectivity index (χ1n) is 9.92. The van der Waals surface area contributed by atoms with Gasteiger partial charge in [0.15, 0.2) is 5.96 Å². The number of hydrogen-bond acceptors (Lipinski definition) is 2. The lowest BCUT2D eigenvalue weighted by molar-refractivity contribution is 0.632. The van der Waals surface area contributed by atoms with Gasteiger partial charge in [-0.05, 0) is 52.2 Å². The standard InChI is InChI=1S/C22H35N5.HI/c1-8-23-22(24-14-16(3)20-11-9-10-15(2)12-20)25-17(4)13-21-18(5)26-27(7)19(21)6;/h9-12,16-17H,8,13-14H2,1-7H3,(H2,23,24,25);1H. The summed E-state index contributed by atoms with van der Waals surface area (Å²) < 4.78 is 1.96. The van der Waals surface area contributed by atoms with E-state index in [-0.39, 0.29) is 30.0 Å². The second-order valence-electron chi connectivity index (χ2n) is 7.56. The third-order valence-corrected chi connectivity index (χ3v) is 5.03. The average Bonchev–Trinajstić information content (AvgIpc) is 2.85. The molecule has 2 N–H and O–H groups in total. The molecule has 1 heterocycles. The molecule has 2 aromatic rings. The Kier molecular flexibility index (Phi) is 9.99. The minimum absolute atomic E-state index is 0. The van der Waals surface area contributed by atoms with Crippen molar-refractivity contribution in [3.63, 3.8) is 0 Å². The molecular formula is C22H36IN5. The van der Waals surface area contributed by atoms with E-state index in [9.17, 15) is 0 Å². The van der Waals surface area contributed by atoms with Crippen LogP contribution >= 0.6 is 24.0 Å². The van der Waals surface area contributed by atoms with Crippen molar-refractivity contribution in [2.24, 2.45) is 12.0 Å². The van der Waals surface area contributed by atoms with Crippen molar-refractivity contribution in [1.82, 2.24) is 20.4 Å². The van der Waals surface area contributed by atoms with Gasteiger partial charge in [-0.2, -0.15) is 5.10 Å². The van der Waals surface area contributed by atoms with E-state index in [1.54, 1.807) is 0 Å². The molecule has 0 saturated heterocycles. The predicted octanol–water partition coefficient (Wildman–Crippen LogP) is 4.25. The molecule has 0 saturated carbocycles. The maximum atomic E-state index is 4.82. The fourth-order valence-corrected chi connectivity index (χ4v) is 3.33. The molecule has 0 fully saturated rings. The Balaban J connectivity index is 0.00000392. The summed E-state index contributed by atoms with van der Waals surface area (Å²) in [5, 5.41) is 11.4. The van der Waals surface area contributed by atoms with Crippen molar-refractivity contribution in [3.8, 4) is 0 Å². The quantitative estimate of drug-likeness (QED) is 0.342. The molecule has 1 aromatic heterocycles. The van der Waals surface area contributed by atoms with Gasteiger partial charge in [-0.1, -0.05) is 36.8 Å². The molecule has 2 atom stereocenters. The molecule has 0 aliphatic rings. The number of nitrogens with one attached hydrogen (secondary N) is 2. The molecule has 1 aromatic carbocycles. The number of halogens is 1. The Morgan fingerprint density at radius 1 is 1.21 bits per heavy atom. The lowest BCUT2D eigenvalue weighted by atomic mass is 10.00. The highest BCUT2D eigenvalue weighted by atomic mass is 127. The lowest BCUT2D eigenvalue weighted by Gasteiger charge is -2.19. The van der Waals surface area contributed by atoms with Crippen LogP contribution in [0.15, 0.2) is 29.3 Å². The van der Waals surface area contributed by atoms with Crippen molar-refractivity contribution in [2.45, 2.75) is 59.9 Å². The van der Waals surface area contributed by atoms with E-state index < -0.39 is 0 Å². The van der Waals surface area contributed by atoms with Gasteiger partial charge in [0.25, 0.3) is 0 Å². The van der Waals surface area contributed by atoms with E-state index in [0.29, 0.717) is 5.92 Å². The van der Waals surface area contributed by atoms with Crippen molar-refractivity contribution in [3.05, 3.63) is 52.3 Å². The molecular weight excluding hydrogens is 461 g/mol. The Hall–Kier alpha value is -1.57. The molecule has 0 spiro atoms. The van der Waals surface area contributed by atoms with Crippen LogP contribution in [0.2, 0.25) is 0 Å². The molecule has 156 valence electrons. The Bertz CT molecular complexity index is 781. The van der Waals surface area contributed by atoms with Crippen LogP contribution in [0, 0.1) is 20.8 Å². The highest BCUT2D eigenvalue weighted by Gasteiger charge is 2.14. The van der Waals surface area contributed by atoms with Gasteiger partial charge in [0, 0.05) is 37.8 Å². The minimum atomic E-state index is 0. The van der Waals surface area contributed by atoms with Gasteiger partial charge in [0.05, 0.1) is 5.69 Å². The third kappa shape index (κ3) is 6.79. The molecule has 2 rings (SSSR count). The molecule has 0 radical (unpaired) electrons. The molecule has 0 aliphatic heterocycles. The van der Waals surface area contributed by atoms with Gasteiger partial charge in [-0.25, -0.2) is 0 Å². The smallest absolute Gasteiger partial charge is 0.191 e. The van der Waals surface area contributed by atoms with Gasteiger partial charge < -0.3 is 10.6 Å². The van der Waals surface area contributed by atoms with Crippen LogP contribution in [-0.2, 0) is 13.5 Å². The predicted molar refractivity (Wildman–Crippen MR) is 130 cm³/mol. The summed E-state index contributed by atoms with van der Waals surface area (Å²) in [6.07, 6.45) is 0.934. The highest BCUT2D eigenvalue weighted by Crippen LogP contribution is 2.17. The number of rotatable bonds is 7. The summed E-state index contributed by atoms with van der Waals surface area (Å²) in [6, 6.07) is 8.96. The zero-order valence-electron chi connectivity index (χ0n) is 18.3. The molecule has 28 heavy (non-hydrogen) atoms. The Morgan fingerprint density at radius 2 is 1.93 bits per heavy atom. The average molecular weight is 497 g/mol. The summed E-state index contributed by atoms with van der Waals surface area (Å²) in [5.41, 5.74) is 6.30. The minimum Gasteiger partial charge on any atom is -0.357 e. The SMILES string of the molecule is CCNC(=NCC(C)c1cccc(C)c1)NC(C)Cc1c(C)nn(C)c1C.I. The number of hydrogen-bond donors (Lipinski definition) is 2. The number of aliphatic imine (C=N–C) groups is 1. The molecule has 6 heteroatoms. The second kappa shape index (κ2) is 11.4. The van der Waals surface area contributed by atoms with Crippen LogP contribution in [0.1, 0.15) is 54.8 Å². The normalized spacial score (nSPS) is 13.6. The molecule has 0 amide bonds. The fourth-order valence-electron chi connectivity index (χ4n) is 3.33. The van der Waals surface area contributed by atoms with E-state index in [4.69, 9.17) is 4.99 Å². The maximum Gasteiger partial charge on any atom is 0.191 e. The Labute approximate surface area is 187 Å². The summed E-state index contributed by atoms with van der Waals surface area (Å²) in [7, 11) is 2.00. The lowest BCUT2D eigenvalue weighted by Crippen LogP contribution is -2.43. The summed E-state index contributed by atoms with van der Waals surface area (Å²) in [4.78, 5) is 4.82. The number of benzene rings is 1. The number of nitrogens with zero attached hydrogens (tertiary/aromatic N) is 3. The van der Waals surface area contributed by atoms with Crippen molar-refractivity contribution < 1.29 is 0 Å². The van der Waals surface area contributed by atoms with Crippen molar-refractivity contribution in [1.29, 1.82) is 0 Å². The van der Waals surface area contributed by atoms with Gasteiger partial charge in [0.1, 0.15) is 0 Å². The summed E-state index contributed by atoms with van der Waals surface area (Å²) in [6.45, 7) is 14.5. The van der Waals surface area contributed by atoms with Gasteiger partial charge in [-0.15, -0.1) is 24.0 Å². The van der Waals surface area contributed by atoms with Crippen LogP contribution in [0.25, 0.3) is 0 Å². The van der Waals surface area contributed by atoms with E-state index in [2.05, 4.69) is 81.5 Å². The fraction of sp³-hybridized carbons (Fsp3) is 0.545. The van der Waals surface area contributed by atoms with Crippen LogP contribution in [0.3, 0.4) is 0 Å². The van der Waals surface area contributed by atoms with Gasteiger partial charge >= 0.3 is 0 Å². The van der Waals surface area contributed by atoms with Crippen LogP contribution < -0.4 is 10.6 Å². The van der Waals surface area contributed by atoms with E-state index in [1.165, 1.54) is 22.4 Å². The zero-order chi connectivity index (χ0) is 20.0. The van der Waals surface area contributed by atoms with Gasteiger partial charge in [0.2, 0.25) is 0 Å².